The molecule has 0 radical (unpaired) electrons. The van der Waals surface area contributed by atoms with Gasteiger partial charge in [0.2, 0.25) is 0 Å². The van der Waals surface area contributed by atoms with Crippen molar-refractivity contribution in [2.24, 2.45) is 17.8 Å². The van der Waals surface area contributed by atoms with Crippen LogP contribution in [-0.2, 0) is 5.41 Å². The Morgan fingerprint density at radius 3 is 2.38 bits per heavy atom. The van der Waals surface area contributed by atoms with Crippen LogP contribution < -0.4 is 0 Å². The molecule has 2 bridgehead atoms. The average Bonchev–Trinajstić information content (AvgIpc) is 2.74. The normalized spacial score (nSPS) is 29.5. The van der Waals surface area contributed by atoms with Gasteiger partial charge in [-0.2, -0.15) is 0 Å². The molecule has 0 nitrogen and oxygen atoms in total. The molecule has 2 aliphatic rings. The lowest BCUT2D eigenvalue weighted by Crippen LogP contribution is -2.35. The molecule has 1 aromatic rings. The summed E-state index contributed by atoms with van der Waals surface area (Å²) in [5.41, 5.74) is 5.87. The zero-order valence-corrected chi connectivity index (χ0v) is 17.7. The monoisotopic (exact) mass is 348 g/mol. The molecule has 0 saturated carbocycles. The molecule has 0 fully saturated rings. The van der Waals surface area contributed by atoms with Crippen LogP contribution >= 0.6 is 0 Å². The van der Waals surface area contributed by atoms with Gasteiger partial charge in [0, 0.05) is 11.3 Å². The van der Waals surface area contributed by atoms with Gasteiger partial charge in [0.25, 0.3) is 0 Å². The van der Waals surface area contributed by atoms with Gasteiger partial charge in [0.05, 0.1) is 0 Å². The van der Waals surface area contributed by atoms with Gasteiger partial charge in [-0.25, -0.2) is 0 Å². The smallest absolute Gasteiger partial charge is 0.00552 e. The Hall–Kier alpha value is -1.82. The van der Waals surface area contributed by atoms with Gasteiger partial charge in [-0.05, 0) is 48.3 Å². The Balaban J connectivity index is 0.000000199. The molecule has 4 unspecified atom stereocenters. The molecule has 1 aromatic carbocycles. The number of hydrogen-bond acceptors (Lipinski definition) is 0. The highest BCUT2D eigenvalue weighted by Gasteiger charge is 2.50. The first-order chi connectivity index (χ1) is 12.2. The molecule has 0 aliphatic heterocycles. The third-order valence-electron chi connectivity index (χ3n) is 6.40. The van der Waals surface area contributed by atoms with E-state index in [9.17, 15) is 0 Å². The van der Waals surface area contributed by atoms with Crippen molar-refractivity contribution >= 4 is 0 Å². The van der Waals surface area contributed by atoms with Crippen LogP contribution in [0.1, 0.15) is 65.5 Å². The second-order valence-corrected chi connectivity index (χ2v) is 8.49. The number of fused-ring (bicyclic) bond motifs is 5. The summed E-state index contributed by atoms with van der Waals surface area (Å²) in [6.07, 6.45) is 11.2. The van der Waals surface area contributed by atoms with Gasteiger partial charge in [0.15, 0.2) is 0 Å². The number of benzene rings is 1. The minimum atomic E-state index is 0.357. The SMILES string of the molecule is C=C(C)C(/C=C\C(C)C)=C/C.CC1C=CC2c3ccccc3C1(C)C2C. The third kappa shape index (κ3) is 3.80. The topological polar surface area (TPSA) is 0 Å². The third-order valence-corrected chi connectivity index (χ3v) is 6.40. The Morgan fingerprint density at radius 2 is 1.81 bits per heavy atom. The second kappa shape index (κ2) is 8.25. The van der Waals surface area contributed by atoms with Crippen molar-refractivity contribution in [3.05, 3.63) is 83.5 Å². The van der Waals surface area contributed by atoms with Gasteiger partial charge >= 0.3 is 0 Å². The van der Waals surface area contributed by atoms with E-state index in [1.54, 1.807) is 11.1 Å². The summed E-state index contributed by atoms with van der Waals surface area (Å²) in [6.45, 7) is 19.5. The standard InChI is InChI=1S/C15H18.C11H18/c1-10-8-9-12-11(2)15(10,3)14-7-5-4-6-13(12)14;1-6-11(10(4)5)8-7-9(2)3/h4-12H,1-3H3;6-9H,4H2,1-3,5H3/b;8-7-,11-6+. The number of hydrogen-bond donors (Lipinski definition) is 0. The summed E-state index contributed by atoms with van der Waals surface area (Å²) in [4.78, 5) is 0. The molecule has 26 heavy (non-hydrogen) atoms. The van der Waals surface area contributed by atoms with Crippen LogP contribution in [0.4, 0.5) is 0 Å². The van der Waals surface area contributed by atoms with E-state index in [4.69, 9.17) is 0 Å². The molecule has 140 valence electrons. The fourth-order valence-electron chi connectivity index (χ4n) is 4.36. The molecular weight excluding hydrogens is 312 g/mol. The lowest BCUT2D eigenvalue weighted by molar-refractivity contribution is 0.247. The first kappa shape index (κ1) is 20.5. The van der Waals surface area contributed by atoms with E-state index in [0.717, 1.165) is 11.5 Å². The van der Waals surface area contributed by atoms with E-state index in [0.29, 0.717) is 23.2 Å². The van der Waals surface area contributed by atoms with Crippen molar-refractivity contribution < 1.29 is 0 Å². The summed E-state index contributed by atoms with van der Waals surface area (Å²) in [5, 5.41) is 0. The molecule has 0 heterocycles. The Bertz CT molecular complexity index is 728. The van der Waals surface area contributed by atoms with Gasteiger partial charge < -0.3 is 0 Å². The van der Waals surface area contributed by atoms with E-state index in [1.807, 2.05) is 13.8 Å². The Kier molecular flexibility index (Phi) is 6.50. The zero-order chi connectivity index (χ0) is 19.5. The maximum atomic E-state index is 3.88. The molecule has 0 N–H and O–H groups in total. The van der Waals surface area contributed by atoms with Gasteiger partial charge in [0.1, 0.15) is 0 Å². The van der Waals surface area contributed by atoms with E-state index in [2.05, 4.69) is 95.8 Å². The highest BCUT2D eigenvalue weighted by Crippen LogP contribution is 2.57. The van der Waals surface area contributed by atoms with Crippen LogP contribution in [0.25, 0.3) is 0 Å². The minimum absolute atomic E-state index is 0.357. The van der Waals surface area contributed by atoms with Crippen molar-refractivity contribution in [2.45, 2.75) is 59.8 Å². The van der Waals surface area contributed by atoms with Crippen molar-refractivity contribution in [3.8, 4) is 0 Å². The van der Waals surface area contributed by atoms with Gasteiger partial charge in [-0.15, -0.1) is 0 Å². The fourth-order valence-corrected chi connectivity index (χ4v) is 4.36. The lowest BCUT2D eigenvalue weighted by Gasteiger charge is -2.39. The summed E-state index contributed by atoms with van der Waals surface area (Å²) in [5.74, 6) is 2.67. The molecule has 0 aromatic heterocycles. The Labute approximate surface area is 161 Å². The highest BCUT2D eigenvalue weighted by atomic mass is 14.5. The molecule has 2 aliphatic carbocycles. The molecular formula is C26H36. The van der Waals surface area contributed by atoms with E-state index >= 15 is 0 Å². The fraction of sp³-hybridized carbons (Fsp3) is 0.462. The average molecular weight is 349 g/mol. The predicted octanol–water partition coefficient (Wildman–Crippen LogP) is 7.60. The summed E-state index contributed by atoms with van der Waals surface area (Å²) < 4.78 is 0. The Morgan fingerprint density at radius 1 is 1.15 bits per heavy atom. The molecule has 0 heteroatoms. The van der Waals surface area contributed by atoms with Crippen LogP contribution in [0.5, 0.6) is 0 Å². The maximum Gasteiger partial charge on any atom is 0.00552 e. The van der Waals surface area contributed by atoms with Gasteiger partial charge in [-0.1, -0.05) is 101 Å². The predicted molar refractivity (Wildman–Crippen MR) is 117 cm³/mol. The highest BCUT2D eigenvalue weighted by molar-refractivity contribution is 5.49. The van der Waals surface area contributed by atoms with Crippen LogP contribution in [0.3, 0.4) is 0 Å². The first-order valence-electron chi connectivity index (χ1n) is 10.0. The van der Waals surface area contributed by atoms with E-state index in [-0.39, 0.29) is 0 Å². The van der Waals surface area contributed by atoms with Crippen LogP contribution in [0.15, 0.2) is 72.4 Å². The van der Waals surface area contributed by atoms with Gasteiger partial charge in [-0.3, -0.25) is 0 Å². The number of rotatable bonds is 3. The molecule has 4 atom stereocenters. The van der Waals surface area contributed by atoms with E-state index in [1.165, 1.54) is 5.57 Å². The molecule has 3 rings (SSSR count). The van der Waals surface area contributed by atoms with E-state index < -0.39 is 0 Å². The maximum absolute atomic E-state index is 3.88. The van der Waals surface area contributed by atoms with Crippen LogP contribution in [-0.4, -0.2) is 0 Å². The molecule has 0 spiro atoms. The zero-order valence-electron chi connectivity index (χ0n) is 17.7. The quantitative estimate of drug-likeness (QED) is 0.389. The van der Waals surface area contributed by atoms with Crippen molar-refractivity contribution in [1.82, 2.24) is 0 Å². The summed E-state index contributed by atoms with van der Waals surface area (Å²) in [7, 11) is 0. The van der Waals surface area contributed by atoms with Crippen LogP contribution in [0, 0.1) is 17.8 Å². The largest absolute Gasteiger partial charge is 0.0955 e. The molecule has 0 saturated heterocycles. The van der Waals surface area contributed by atoms with Crippen molar-refractivity contribution in [1.29, 1.82) is 0 Å². The lowest BCUT2D eigenvalue weighted by atomic mass is 9.64. The summed E-state index contributed by atoms with van der Waals surface area (Å²) >= 11 is 0. The number of allylic oxidation sites excluding steroid dienone is 7. The van der Waals surface area contributed by atoms with Crippen LogP contribution in [0.2, 0.25) is 0 Å². The first-order valence-corrected chi connectivity index (χ1v) is 10.0. The second-order valence-electron chi connectivity index (χ2n) is 8.49. The van der Waals surface area contributed by atoms with Crippen molar-refractivity contribution in [2.75, 3.05) is 0 Å². The van der Waals surface area contributed by atoms with Crippen molar-refractivity contribution in [3.63, 3.8) is 0 Å². The minimum Gasteiger partial charge on any atom is -0.0955 e. The summed E-state index contributed by atoms with van der Waals surface area (Å²) in [6, 6.07) is 9.00. The molecule has 0 amide bonds.